The molecule has 72 valence electrons. The van der Waals surface area contributed by atoms with Gasteiger partial charge in [0.25, 0.3) is 0 Å². The first kappa shape index (κ1) is 9.70. The maximum atomic E-state index is 11.0. The Labute approximate surface area is 75.9 Å². The molecule has 1 saturated heterocycles. The topological polar surface area (TPSA) is 80.5 Å². The van der Waals surface area contributed by atoms with Gasteiger partial charge in [-0.2, -0.15) is 0 Å². The van der Waals surface area contributed by atoms with Crippen molar-refractivity contribution in [3.63, 3.8) is 0 Å². The number of imide groups is 1. The number of nitrogens with zero attached hydrogens (tertiary/aromatic N) is 1. The van der Waals surface area contributed by atoms with Crippen molar-refractivity contribution in [3.8, 4) is 0 Å². The van der Waals surface area contributed by atoms with Gasteiger partial charge < -0.3 is 5.73 Å². The number of hydrogen-bond acceptors (Lipinski definition) is 3. The summed E-state index contributed by atoms with van der Waals surface area (Å²) >= 11 is 0. The second kappa shape index (κ2) is 4.02. The second-order valence-electron chi connectivity index (χ2n) is 3.01. The number of nitrogens with two attached hydrogens (primary N) is 1. The lowest BCUT2D eigenvalue weighted by molar-refractivity contribution is -0.138. The highest BCUT2D eigenvalue weighted by atomic mass is 16.2. The first-order chi connectivity index (χ1) is 6.11. The zero-order chi connectivity index (χ0) is 9.84. The van der Waals surface area contributed by atoms with Crippen molar-refractivity contribution in [3.05, 3.63) is 0 Å². The minimum Gasteiger partial charge on any atom is -0.370 e. The van der Waals surface area contributed by atoms with Crippen LogP contribution in [0.2, 0.25) is 0 Å². The van der Waals surface area contributed by atoms with E-state index >= 15 is 0 Å². The van der Waals surface area contributed by atoms with Crippen LogP contribution in [0.1, 0.15) is 25.7 Å². The summed E-state index contributed by atoms with van der Waals surface area (Å²) in [6.07, 6.45) is 1.29. The van der Waals surface area contributed by atoms with E-state index in [-0.39, 0.29) is 18.2 Å². The number of hydrogen-bond donors (Lipinski definition) is 1. The number of carbonyl (C=O) groups is 3. The highest BCUT2D eigenvalue weighted by Crippen LogP contribution is 2.12. The lowest BCUT2D eigenvalue weighted by Gasteiger charge is -2.12. The van der Waals surface area contributed by atoms with Crippen LogP contribution < -0.4 is 5.73 Å². The standard InChI is InChI=1S/C8H12N2O3/c9-6(11)2-1-5-10-7(12)3-4-8(10)13/h1-5H2,(H2,9,11). The molecule has 0 unspecified atom stereocenters. The lowest BCUT2D eigenvalue weighted by atomic mass is 10.3. The summed E-state index contributed by atoms with van der Waals surface area (Å²) in [6.45, 7) is 0.320. The summed E-state index contributed by atoms with van der Waals surface area (Å²) in [4.78, 5) is 33.7. The molecule has 3 amide bonds. The highest BCUT2D eigenvalue weighted by molar-refractivity contribution is 6.01. The fourth-order valence-corrected chi connectivity index (χ4v) is 1.28. The number of amides is 3. The van der Waals surface area contributed by atoms with Gasteiger partial charge >= 0.3 is 0 Å². The average Bonchev–Trinajstić information content (AvgIpc) is 2.34. The Bertz CT molecular complexity index is 234. The van der Waals surface area contributed by atoms with Crippen molar-refractivity contribution < 1.29 is 14.4 Å². The fourth-order valence-electron chi connectivity index (χ4n) is 1.28. The van der Waals surface area contributed by atoms with E-state index < -0.39 is 5.91 Å². The van der Waals surface area contributed by atoms with E-state index in [1.807, 2.05) is 0 Å². The first-order valence-corrected chi connectivity index (χ1v) is 4.23. The molecule has 1 fully saturated rings. The molecule has 0 saturated carbocycles. The predicted octanol–water partition coefficient (Wildman–Crippen LogP) is -0.599. The number of primary amides is 1. The predicted molar refractivity (Wildman–Crippen MR) is 44.4 cm³/mol. The van der Waals surface area contributed by atoms with E-state index in [0.717, 1.165) is 0 Å². The van der Waals surface area contributed by atoms with Crippen molar-refractivity contribution in [2.45, 2.75) is 25.7 Å². The molecule has 1 heterocycles. The maximum Gasteiger partial charge on any atom is 0.229 e. The Morgan fingerprint density at radius 3 is 2.31 bits per heavy atom. The molecule has 1 rings (SSSR count). The molecule has 5 heteroatoms. The van der Waals surface area contributed by atoms with Crippen molar-refractivity contribution in [1.29, 1.82) is 0 Å². The first-order valence-electron chi connectivity index (χ1n) is 4.23. The summed E-state index contributed by atoms with van der Waals surface area (Å²) in [5.41, 5.74) is 4.92. The fraction of sp³-hybridized carbons (Fsp3) is 0.625. The normalized spacial score (nSPS) is 16.8. The minimum atomic E-state index is -0.404. The zero-order valence-electron chi connectivity index (χ0n) is 7.28. The molecule has 0 aromatic heterocycles. The van der Waals surface area contributed by atoms with Crippen LogP contribution in [0.15, 0.2) is 0 Å². The Morgan fingerprint density at radius 2 is 1.85 bits per heavy atom. The Kier molecular flexibility index (Phi) is 3.00. The Morgan fingerprint density at radius 1 is 1.31 bits per heavy atom. The van der Waals surface area contributed by atoms with Gasteiger partial charge in [0, 0.05) is 25.8 Å². The van der Waals surface area contributed by atoms with Crippen molar-refractivity contribution in [2.24, 2.45) is 5.73 Å². The van der Waals surface area contributed by atoms with Gasteiger partial charge in [-0.15, -0.1) is 0 Å². The molecule has 0 aromatic carbocycles. The average molecular weight is 184 g/mol. The number of rotatable bonds is 4. The second-order valence-corrected chi connectivity index (χ2v) is 3.01. The molecule has 0 radical (unpaired) electrons. The lowest BCUT2D eigenvalue weighted by Crippen LogP contribution is -2.30. The summed E-state index contributed by atoms with van der Waals surface area (Å²) in [6, 6.07) is 0. The monoisotopic (exact) mass is 184 g/mol. The van der Waals surface area contributed by atoms with Gasteiger partial charge in [-0.3, -0.25) is 19.3 Å². The van der Waals surface area contributed by atoms with Crippen LogP contribution in [-0.4, -0.2) is 29.2 Å². The quantitative estimate of drug-likeness (QED) is 0.592. The van der Waals surface area contributed by atoms with E-state index in [4.69, 9.17) is 5.73 Å². The molecule has 13 heavy (non-hydrogen) atoms. The van der Waals surface area contributed by atoms with E-state index in [9.17, 15) is 14.4 Å². The molecule has 1 aliphatic rings. The van der Waals surface area contributed by atoms with Crippen LogP contribution in [0.3, 0.4) is 0 Å². The van der Waals surface area contributed by atoms with E-state index in [2.05, 4.69) is 0 Å². The van der Waals surface area contributed by atoms with Crippen LogP contribution in [0.5, 0.6) is 0 Å². The minimum absolute atomic E-state index is 0.144. The molecule has 0 bridgehead atoms. The SMILES string of the molecule is NC(=O)CCCN1C(=O)CCC1=O. The van der Waals surface area contributed by atoms with Gasteiger partial charge in [-0.1, -0.05) is 0 Å². The Hall–Kier alpha value is -1.39. The van der Waals surface area contributed by atoms with Gasteiger partial charge in [0.05, 0.1) is 0 Å². The van der Waals surface area contributed by atoms with Gasteiger partial charge in [-0.25, -0.2) is 0 Å². The molecule has 0 atom stereocenters. The van der Waals surface area contributed by atoms with Crippen molar-refractivity contribution >= 4 is 17.7 Å². The van der Waals surface area contributed by atoms with E-state index in [0.29, 0.717) is 25.8 Å². The summed E-state index contributed by atoms with van der Waals surface area (Å²) in [7, 11) is 0. The third-order valence-electron chi connectivity index (χ3n) is 1.96. The smallest absolute Gasteiger partial charge is 0.229 e. The van der Waals surface area contributed by atoms with Gasteiger partial charge in [0.1, 0.15) is 0 Å². The van der Waals surface area contributed by atoms with Crippen molar-refractivity contribution in [2.75, 3.05) is 6.54 Å². The number of carbonyl (C=O) groups excluding carboxylic acids is 3. The van der Waals surface area contributed by atoms with Crippen LogP contribution >= 0.6 is 0 Å². The molecular formula is C8H12N2O3. The third kappa shape index (κ3) is 2.54. The molecule has 1 aliphatic heterocycles. The third-order valence-corrected chi connectivity index (χ3v) is 1.96. The van der Waals surface area contributed by atoms with Crippen LogP contribution in [0.25, 0.3) is 0 Å². The largest absolute Gasteiger partial charge is 0.370 e. The van der Waals surface area contributed by atoms with Crippen LogP contribution in [-0.2, 0) is 14.4 Å². The molecule has 0 aromatic rings. The number of likely N-dealkylation sites (tertiary alicyclic amines) is 1. The zero-order valence-corrected chi connectivity index (χ0v) is 7.28. The van der Waals surface area contributed by atoms with Gasteiger partial charge in [0.2, 0.25) is 17.7 Å². The van der Waals surface area contributed by atoms with Crippen LogP contribution in [0.4, 0.5) is 0 Å². The molecule has 2 N–H and O–H groups in total. The molecule has 5 nitrogen and oxygen atoms in total. The maximum absolute atomic E-state index is 11.0. The van der Waals surface area contributed by atoms with Crippen LogP contribution in [0, 0.1) is 0 Å². The molecular weight excluding hydrogens is 172 g/mol. The van der Waals surface area contributed by atoms with E-state index in [1.165, 1.54) is 4.90 Å². The van der Waals surface area contributed by atoms with Gasteiger partial charge in [0.15, 0.2) is 0 Å². The summed E-state index contributed by atoms with van der Waals surface area (Å²) in [5, 5.41) is 0. The van der Waals surface area contributed by atoms with E-state index in [1.54, 1.807) is 0 Å². The van der Waals surface area contributed by atoms with Crippen molar-refractivity contribution in [1.82, 2.24) is 4.90 Å². The highest BCUT2D eigenvalue weighted by Gasteiger charge is 2.27. The van der Waals surface area contributed by atoms with Gasteiger partial charge in [-0.05, 0) is 6.42 Å². The molecule has 0 aliphatic carbocycles. The Balaban J connectivity index is 2.31. The summed E-state index contributed by atoms with van der Waals surface area (Å²) < 4.78 is 0. The summed E-state index contributed by atoms with van der Waals surface area (Å²) in [5.74, 6) is -0.692. The molecule has 0 spiro atoms.